The molecule has 0 bridgehead atoms. The molecule has 1 amide bonds. The molecule has 12 heteroatoms. The second-order valence-corrected chi connectivity index (χ2v) is 11.1. The molecule has 0 radical (unpaired) electrons. The molecule has 3 heterocycles. The molecule has 1 aliphatic carbocycles. The number of ketones is 1. The monoisotopic (exact) mass is 500 g/mol. The Hall–Kier alpha value is -1.62. The van der Waals surface area contributed by atoms with Crippen LogP contribution in [0.1, 0.15) is 58.8 Å². The number of phosphoric acid groups is 1. The Morgan fingerprint density at radius 3 is 2.76 bits per heavy atom. The molecule has 3 aliphatic heterocycles. The first-order valence-electron chi connectivity index (χ1n) is 11.9. The van der Waals surface area contributed by atoms with E-state index in [1.165, 1.54) is 17.2 Å². The summed E-state index contributed by atoms with van der Waals surface area (Å²) in [5.74, 6) is -1.38. The van der Waals surface area contributed by atoms with E-state index in [4.69, 9.17) is 28.8 Å². The highest BCUT2D eigenvalue weighted by molar-refractivity contribution is 7.48. The lowest BCUT2D eigenvalue weighted by Crippen LogP contribution is -2.60. The molecule has 11 nitrogen and oxygen atoms in total. The van der Waals surface area contributed by atoms with Crippen molar-refractivity contribution in [3.8, 4) is 0 Å². The van der Waals surface area contributed by atoms with Crippen molar-refractivity contribution in [3.63, 3.8) is 0 Å². The highest BCUT2D eigenvalue weighted by atomic mass is 31.2. The number of allylic oxidation sites excluding steroid dienone is 1. The predicted molar refractivity (Wildman–Crippen MR) is 118 cm³/mol. The molecular weight excluding hydrogens is 467 g/mol. The van der Waals surface area contributed by atoms with Gasteiger partial charge in [0.05, 0.1) is 31.1 Å². The number of hydrogen-bond acceptors (Lipinski definition) is 10. The van der Waals surface area contributed by atoms with Gasteiger partial charge in [0, 0.05) is 6.20 Å². The number of carbonyl (C=O) groups excluding carboxylic acids is 3. The van der Waals surface area contributed by atoms with Crippen molar-refractivity contribution in [1.82, 2.24) is 4.90 Å². The fourth-order valence-corrected chi connectivity index (χ4v) is 6.31. The van der Waals surface area contributed by atoms with Crippen LogP contribution in [0.25, 0.3) is 0 Å². The highest BCUT2D eigenvalue weighted by Crippen LogP contribution is 2.57. The number of amides is 1. The Kier molecular flexibility index (Phi) is 7.61. The number of ether oxygens (including phenoxy) is 2. The van der Waals surface area contributed by atoms with Gasteiger partial charge >= 0.3 is 13.8 Å². The zero-order chi connectivity index (χ0) is 24.5. The number of hydrogen-bond donors (Lipinski definition) is 1. The number of fused-ring (bicyclic) bond motifs is 1. The molecule has 0 aromatic carbocycles. The average Bonchev–Trinajstić information content (AvgIpc) is 3.37. The van der Waals surface area contributed by atoms with Gasteiger partial charge in [-0.1, -0.05) is 6.92 Å². The minimum atomic E-state index is -3.97. The van der Waals surface area contributed by atoms with E-state index in [1.54, 1.807) is 6.92 Å². The number of rotatable bonds is 8. The third-order valence-corrected chi connectivity index (χ3v) is 8.29. The van der Waals surface area contributed by atoms with Crippen LogP contribution in [0.15, 0.2) is 12.3 Å². The summed E-state index contributed by atoms with van der Waals surface area (Å²) in [7, 11) is -3.97. The normalized spacial score (nSPS) is 37.1. The Balaban J connectivity index is 1.33. The number of nitrogens with zero attached hydrogens (tertiary/aromatic N) is 1. The molecule has 1 saturated carbocycles. The molecule has 0 aromatic rings. The standard InChI is InChI=1S/C22H33N2O9P/c1-3-14(20(27)31-16-6-4-5-7-16)9-11-29-34(28)30-13-17-19(33-34)22(2,23)21(32-17)24-10-8-15(25)12-18(24)26/h8,10,14,16-17,19,21H,3-7,9,11-13,23H2,1-2H3/t14?,17-,19-,21-,22-,34-/m1/s1. The molecule has 1 unspecified atom stereocenters. The van der Waals surface area contributed by atoms with Crippen LogP contribution in [0, 0.1) is 5.92 Å². The maximum absolute atomic E-state index is 13.1. The average molecular weight is 500 g/mol. The second-order valence-electron chi connectivity index (χ2n) is 9.49. The lowest BCUT2D eigenvalue weighted by Gasteiger charge is -2.38. The van der Waals surface area contributed by atoms with Crippen molar-refractivity contribution in [2.45, 2.75) is 88.9 Å². The molecular formula is C22H33N2O9P. The van der Waals surface area contributed by atoms with Gasteiger partial charge < -0.3 is 15.2 Å². The molecule has 190 valence electrons. The highest BCUT2D eigenvalue weighted by Gasteiger charge is 2.60. The van der Waals surface area contributed by atoms with E-state index in [0.29, 0.717) is 12.8 Å². The summed E-state index contributed by atoms with van der Waals surface area (Å²) in [5.41, 5.74) is 5.24. The molecule has 0 aromatic heterocycles. The van der Waals surface area contributed by atoms with Crippen molar-refractivity contribution >= 4 is 25.5 Å². The lowest BCUT2D eigenvalue weighted by molar-refractivity contribution is -0.154. The van der Waals surface area contributed by atoms with Gasteiger partial charge in [0.2, 0.25) is 5.91 Å². The number of phosphoric ester groups is 1. The minimum absolute atomic E-state index is 0.0138. The minimum Gasteiger partial charge on any atom is -0.462 e. The van der Waals surface area contributed by atoms with Crippen molar-refractivity contribution < 1.29 is 42.0 Å². The van der Waals surface area contributed by atoms with Gasteiger partial charge in [-0.05, 0) is 51.5 Å². The van der Waals surface area contributed by atoms with Crippen molar-refractivity contribution in [2.24, 2.45) is 11.7 Å². The zero-order valence-electron chi connectivity index (χ0n) is 19.6. The lowest BCUT2D eigenvalue weighted by atomic mass is 9.92. The predicted octanol–water partition coefficient (Wildman–Crippen LogP) is 2.19. The smallest absolute Gasteiger partial charge is 0.462 e. The SMILES string of the molecule is CCC(CCO[P@]1(=O)OC[C@H]2O[C@@H](N3C=CC(=O)CC3=O)[C@](C)(N)[C@@H]2O1)C(=O)OC1CCCC1. The van der Waals surface area contributed by atoms with Gasteiger partial charge in [-0.15, -0.1) is 0 Å². The Bertz CT molecular complexity index is 886. The Labute approximate surface area is 198 Å². The van der Waals surface area contributed by atoms with Crippen LogP contribution in [0.5, 0.6) is 0 Å². The maximum Gasteiger partial charge on any atom is 0.475 e. The van der Waals surface area contributed by atoms with E-state index in [9.17, 15) is 18.9 Å². The van der Waals surface area contributed by atoms with Crippen LogP contribution in [-0.2, 0) is 42.0 Å². The summed E-state index contributed by atoms with van der Waals surface area (Å²) < 4.78 is 41.2. The Morgan fingerprint density at radius 1 is 1.35 bits per heavy atom. The largest absolute Gasteiger partial charge is 0.475 e. The molecule has 2 N–H and O–H groups in total. The quantitative estimate of drug-likeness (QED) is 0.299. The van der Waals surface area contributed by atoms with Crippen molar-refractivity contribution in [2.75, 3.05) is 13.2 Å². The Morgan fingerprint density at radius 2 is 2.09 bits per heavy atom. The van der Waals surface area contributed by atoms with Crippen LogP contribution in [0.2, 0.25) is 0 Å². The van der Waals surface area contributed by atoms with Crippen LogP contribution < -0.4 is 5.73 Å². The van der Waals surface area contributed by atoms with E-state index in [-0.39, 0.29) is 43.4 Å². The summed E-state index contributed by atoms with van der Waals surface area (Å²) in [6.07, 6.45) is 4.69. The first kappa shape index (κ1) is 25.5. The van der Waals surface area contributed by atoms with Crippen LogP contribution in [0.4, 0.5) is 0 Å². The van der Waals surface area contributed by atoms with E-state index < -0.39 is 37.7 Å². The molecule has 4 rings (SSSR count). The van der Waals surface area contributed by atoms with E-state index in [2.05, 4.69) is 0 Å². The van der Waals surface area contributed by atoms with Gasteiger partial charge in [-0.25, -0.2) is 4.57 Å². The van der Waals surface area contributed by atoms with Gasteiger partial charge in [0.25, 0.3) is 0 Å². The number of nitrogens with two attached hydrogens (primary N) is 1. The molecule has 2 saturated heterocycles. The van der Waals surface area contributed by atoms with Crippen LogP contribution in [0.3, 0.4) is 0 Å². The summed E-state index contributed by atoms with van der Waals surface area (Å²) in [5, 5.41) is 0. The molecule has 4 aliphatic rings. The summed E-state index contributed by atoms with van der Waals surface area (Å²) in [6, 6.07) is 0. The topological polar surface area (TPSA) is 144 Å². The van der Waals surface area contributed by atoms with Crippen LogP contribution >= 0.6 is 7.82 Å². The fraction of sp³-hybridized carbons (Fsp3) is 0.773. The van der Waals surface area contributed by atoms with Crippen molar-refractivity contribution in [3.05, 3.63) is 12.3 Å². The van der Waals surface area contributed by atoms with Gasteiger partial charge in [-0.2, -0.15) is 0 Å². The van der Waals surface area contributed by atoms with Gasteiger partial charge in [0.15, 0.2) is 12.0 Å². The fourth-order valence-electron chi connectivity index (χ4n) is 4.82. The van der Waals surface area contributed by atoms with E-state index in [0.717, 1.165) is 25.7 Å². The zero-order valence-corrected chi connectivity index (χ0v) is 20.4. The summed E-state index contributed by atoms with van der Waals surface area (Å²) >= 11 is 0. The molecule has 0 spiro atoms. The van der Waals surface area contributed by atoms with Gasteiger partial charge in [-0.3, -0.25) is 32.9 Å². The molecule has 6 atom stereocenters. The van der Waals surface area contributed by atoms with E-state index in [1.807, 2.05) is 6.92 Å². The molecule has 34 heavy (non-hydrogen) atoms. The maximum atomic E-state index is 13.1. The third kappa shape index (κ3) is 5.29. The number of carbonyl (C=O) groups is 3. The summed E-state index contributed by atoms with van der Waals surface area (Å²) in [6.45, 7) is 3.40. The second kappa shape index (κ2) is 10.2. The van der Waals surface area contributed by atoms with Crippen LogP contribution in [-0.4, -0.2) is 65.9 Å². The first-order valence-corrected chi connectivity index (χ1v) is 13.3. The van der Waals surface area contributed by atoms with Crippen molar-refractivity contribution in [1.29, 1.82) is 0 Å². The third-order valence-electron chi connectivity index (χ3n) is 6.84. The summed E-state index contributed by atoms with van der Waals surface area (Å²) in [4.78, 5) is 37.6. The first-order chi connectivity index (χ1) is 16.1. The molecule has 3 fully saturated rings. The number of esters is 1. The van der Waals surface area contributed by atoms with E-state index >= 15 is 0 Å². The van der Waals surface area contributed by atoms with Gasteiger partial charge in [0.1, 0.15) is 18.3 Å².